The first kappa shape index (κ1) is 17.7. The van der Waals surface area contributed by atoms with Crippen molar-refractivity contribution in [2.24, 2.45) is 0 Å². The standard InChI is InChI=1S/C17H18FN5O4/c18-10-3-1-9(2-4-10)5-19-15-12-16(21-7-20-15)23(8-22-12)17-14(26)13(25)11(6-24)27-17/h1-4,7-8,11,13-14,17,24-26H,5-6H2,(H,19,20,21)/t11-,13?,14?,17-/m1/s1. The van der Waals surface area contributed by atoms with Gasteiger partial charge in [0.05, 0.1) is 12.9 Å². The molecule has 3 aromatic rings. The van der Waals surface area contributed by atoms with Gasteiger partial charge in [0.2, 0.25) is 0 Å². The van der Waals surface area contributed by atoms with E-state index in [1.165, 1.54) is 29.4 Å². The molecule has 1 aliphatic heterocycles. The molecular weight excluding hydrogens is 357 g/mol. The Morgan fingerprint density at radius 3 is 2.59 bits per heavy atom. The minimum atomic E-state index is -1.23. The second-order valence-corrected chi connectivity index (χ2v) is 6.26. The molecule has 0 saturated carbocycles. The predicted molar refractivity (Wildman–Crippen MR) is 92.1 cm³/mol. The highest BCUT2D eigenvalue weighted by Gasteiger charge is 2.44. The minimum absolute atomic E-state index is 0.305. The van der Waals surface area contributed by atoms with E-state index in [-0.39, 0.29) is 5.82 Å². The lowest BCUT2D eigenvalue weighted by atomic mass is 10.1. The van der Waals surface area contributed by atoms with Crippen LogP contribution in [0.3, 0.4) is 0 Å². The first-order chi connectivity index (χ1) is 13.1. The van der Waals surface area contributed by atoms with Crippen molar-refractivity contribution < 1.29 is 24.4 Å². The van der Waals surface area contributed by atoms with Gasteiger partial charge in [0.25, 0.3) is 0 Å². The van der Waals surface area contributed by atoms with E-state index in [0.717, 1.165) is 5.56 Å². The van der Waals surface area contributed by atoms with Crippen LogP contribution in [0.15, 0.2) is 36.9 Å². The molecule has 3 heterocycles. The van der Waals surface area contributed by atoms with Gasteiger partial charge in [0.1, 0.15) is 30.5 Å². The van der Waals surface area contributed by atoms with Crippen LogP contribution in [-0.2, 0) is 11.3 Å². The fourth-order valence-corrected chi connectivity index (χ4v) is 3.07. The summed E-state index contributed by atoms with van der Waals surface area (Å²) in [5, 5.41) is 32.5. The number of hydrogen-bond acceptors (Lipinski definition) is 8. The number of aromatic nitrogens is 4. The summed E-state index contributed by atoms with van der Waals surface area (Å²) >= 11 is 0. The predicted octanol–water partition coefficient (Wildman–Crippen LogP) is 0.189. The molecule has 4 N–H and O–H groups in total. The lowest BCUT2D eigenvalue weighted by Gasteiger charge is -2.16. The molecule has 4 atom stereocenters. The Kier molecular flexibility index (Phi) is 4.70. The average Bonchev–Trinajstić information content (AvgIpc) is 3.23. The summed E-state index contributed by atoms with van der Waals surface area (Å²) in [5.74, 6) is 0.162. The summed E-state index contributed by atoms with van der Waals surface area (Å²) < 4.78 is 20.0. The Hall–Kier alpha value is -2.66. The maximum absolute atomic E-state index is 13.0. The van der Waals surface area contributed by atoms with Crippen molar-refractivity contribution in [3.05, 3.63) is 48.3 Å². The van der Waals surface area contributed by atoms with Crippen LogP contribution in [0, 0.1) is 5.82 Å². The summed E-state index contributed by atoms with van der Waals surface area (Å²) in [6.45, 7) is -0.00603. The van der Waals surface area contributed by atoms with Crippen molar-refractivity contribution >= 4 is 17.0 Å². The first-order valence-electron chi connectivity index (χ1n) is 8.37. The van der Waals surface area contributed by atoms with E-state index < -0.39 is 31.1 Å². The zero-order valence-electron chi connectivity index (χ0n) is 14.1. The Bertz CT molecular complexity index is 935. The fraction of sp³-hybridized carbons (Fsp3) is 0.353. The summed E-state index contributed by atoms with van der Waals surface area (Å²) in [6.07, 6.45) is -1.49. The molecule has 0 spiro atoms. The van der Waals surface area contributed by atoms with E-state index >= 15 is 0 Å². The summed E-state index contributed by atoms with van der Waals surface area (Å²) in [7, 11) is 0. The van der Waals surface area contributed by atoms with Gasteiger partial charge in [-0.05, 0) is 17.7 Å². The van der Waals surface area contributed by atoms with Crippen LogP contribution >= 0.6 is 0 Å². The Morgan fingerprint density at radius 2 is 1.89 bits per heavy atom. The van der Waals surface area contributed by atoms with Crippen molar-refractivity contribution in [2.75, 3.05) is 11.9 Å². The lowest BCUT2D eigenvalue weighted by molar-refractivity contribution is -0.0511. The number of aliphatic hydroxyl groups excluding tert-OH is 3. The molecular formula is C17H18FN5O4. The van der Waals surface area contributed by atoms with E-state index in [0.29, 0.717) is 23.5 Å². The molecule has 1 fully saturated rings. The largest absolute Gasteiger partial charge is 0.394 e. The fourth-order valence-electron chi connectivity index (χ4n) is 3.07. The Balaban J connectivity index is 1.59. The number of halogens is 1. The molecule has 0 amide bonds. The molecule has 1 aliphatic rings. The molecule has 2 aromatic heterocycles. The number of fused-ring (bicyclic) bond motifs is 1. The van der Waals surface area contributed by atoms with E-state index in [1.807, 2.05) is 0 Å². The number of hydrogen-bond donors (Lipinski definition) is 4. The highest BCUT2D eigenvalue weighted by Crippen LogP contribution is 2.32. The van der Waals surface area contributed by atoms with Gasteiger partial charge in [-0.1, -0.05) is 12.1 Å². The molecule has 9 nitrogen and oxygen atoms in total. The molecule has 2 unspecified atom stereocenters. The minimum Gasteiger partial charge on any atom is -0.394 e. The van der Waals surface area contributed by atoms with Crippen molar-refractivity contribution in [2.45, 2.75) is 31.1 Å². The maximum atomic E-state index is 13.0. The van der Waals surface area contributed by atoms with Crippen LogP contribution in [0.2, 0.25) is 0 Å². The monoisotopic (exact) mass is 375 g/mol. The third kappa shape index (κ3) is 3.23. The highest BCUT2D eigenvalue weighted by molar-refractivity contribution is 5.82. The molecule has 27 heavy (non-hydrogen) atoms. The van der Waals surface area contributed by atoms with Crippen LogP contribution in [0.5, 0.6) is 0 Å². The van der Waals surface area contributed by atoms with Gasteiger partial charge in [-0.3, -0.25) is 4.57 Å². The number of rotatable bonds is 5. The van der Waals surface area contributed by atoms with Crippen LogP contribution in [0.4, 0.5) is 10.2 Å². The Labute approximate surface area is 153 Å². The summed E-state index contributed by atoms with van der Waals surface area (Å²) in [5.41, 5.74) is 1.73. The zero-order valence-corrected chi connectivity index (χ0v) is 14.1. The van der Waals surface area contributed by atoms with Gasteiger partial charge in [0, 0.05) is 6.54 Å². The summed E-state index contributed by atoms with van der Waals surface area (Å²) in [4.78, 5) is 12.6. The molecule has 0 radical (unpaired) electrons. The van der Waals surface area contributed by atoms with Crippen LogP contribution in [0.25, 0.3) is 11.2 Å². The number of nitrogens with zero attached hydrogens (tertiary/aromatic N) is 4. The quantitative estimate of drug-likeness (QED) is 0.498. The van der Waals surface area contributed by atoms with Crippen LogP contribution in [0.1, 0.15) is 11.8 Å². The van der Waals surface area contributed by atoms with Crippen molar-refractivity contribution in [3.63, 3.8) is 0 Å². The lowest BCUT2D eigenvalue weighted by Crippen LogP contribution is -2.33. The number of imidazole rings is 1. The third-order valence-corrected chi connectivity index (χ3v) is 4.52. The molecule has 1 aromatic carbocycles. The molecule has 1 saturated heterocycles. The average molecular weight is 375 g/mol. The molecule has 0 aliphatic carbocycles. The first-order valence-corrected chi connectivity index (χ1v) is 8.37. The molecule has 0 bridgehead atoms. The molecule has 142 valence electrons. The number of anilines is 1. The van der Waals surface area contributed by atoms with Crippen LogP contribution in [-0.4, -0.2) is 59.8 Å². The van der Waals surface area contributed by atoms with E-state index in [2.05, 4.69) is 20.3 Å². The Morgan fingerprint density at radius 1 is 1.11 bits per heavy atom. The van der Waals surface area contributed by atoms with Gasteiger partial charge in [-0.2, -0.15) is 0 Å². The van der Waals surface area contributed by atoms with Crippen molar-refractivity contribution in [1.29, 1.82) is 0 Å². The zero-order chi connectivity index (χ0) is 19.0. The van der Waals surface area contributed by atoms with E-state index in [4.69, 9.17) is 4.74 Å². The smallest absolute Gasteiger partial charge is 0.167 e. The van der Waals surface area contributed by atoms with E-state index in [1.54, 1.807) is 12.1 Å². The van der Waals surface area contributed by atoms with Gasteiger partial charge in [-0.25, -0.2) is 19.3 Å². The van der Waals surface area contributed by atoms with Gasteiger partial charge < -0.3 is 25.4 Å². The third-order valence-electron chi connectivity index (χ3n) is 4.52. The van der Waals surface area contributed by atoms with Crippen LogP contribution < -0.4 is 5.32 Å². The normalized spacial score (nSPS) is 25.2. The van der Waals surface area contributed by atoms with Crippen molar-refractivity contribution in [3.8, 4) is 0 Å². The summed E-state index contributed by atoms with van der Waals surface area (Å²) in [6, 6.07) is 6.09. The van der Waals surface area contributed by atoms with Gasteiger partial charge >= 0.3 is 0 Å². The highest BCUT2D eigenvalue weighted by atomic mass is 19.1. The number of aliphatic hydroxyl groups is 3. The second-order valence-electron chi connectivity index (χ2n) is 6.26. The van der Waals surface area contributed by atoms with Gasteiger partial charge in [-0.15, -0.1) is 0 Å². The SMILES string of the molecule is OC[C@H]1O[C@@H](n2cnc3c(NCc4ccc(F)cc4)ncnc32)C(O)C1O. The van der Waals surface area contributed by atoms with Crippen molar-refractivity contribution in [1.82, 2.24) is 19.5 Å². The number of nitrogens with one attached hydrogen (secondary N) is 1. The molecule has 4 rings (SSSR count). The van der Waals surface area contributed by atoms with E-state index in [9.17, 15) is 19.7 Å². The second kappa shape index (κ2) is 7.16. The number of benzene rings is 1. The topological polar surface area (TPSA) is 126 Å². The molecule has 10 heteroatoms. The maximum Gasteiger partial charge on any atom is 0.167 e. The number of ether oxygens (including phenoxy) is 1. The van der Waals surface area contributed by atoms with Gasteiger partial charge in [0.15, 0.2) is 23.2 Å².